The Kier molecular flexibility index (Phi) is 10.6. The van der Waals surface area contributed by atoms with E-state index in [1.165, 1.54) is 11.1 Å². The molecule has 2 atom stereocenters. The van der Waals surface area contributed by atoms with Crippen molar-refractivity contribution < 1.29 is 9.59 Å². The monoisotopic (exact) mass is 590 g/mol. The average molecular weight is 591 g/mol. The fraction of sp³-hybridized carbons (Fsp3) is 0.306. The van der Waals surface area contributed by atoms with Crippen LogP contribution in [0.1, 0.15) is 41.9 Å². The fourth-order valence-electron chi connectivity index (χ4n) is 5.99. The van der Waals surface area contributed by atoms with Crippen molar-refractivity contribution in [3.05, 3.63) is 120 Å². The molecule has 4 aromatic rings. The summed E-state index contributed by atoms with van der Waals surface area (Å²) in [6.45, 7) is 2.12. The molecule has 1 saturated heterocycles. The van der Waals surface area contributed by atoms with Crippen molar-refractivity contribution in [1.29, 1.82) is 5.41 Å². The lowest BCUT2D eigenvalue weighted by molar-refractivity contribution is -0.133. The van der Waals surface area contributed by atoms with E-state index in [1.54, 1.807) is 0 Å². The molecule has 2 amide bonds. The molecule has 0 radical (unpaired) electrons. The van der Waals surface area contributed by atoms with Crippen LogP contribution in [-0.4, -0.2) is 60.9 Å². The molecule has 1 heterocycles. The van der Waals surface area contributed by atoms with Gasteiger partial charge in [0.1, 0.15) is 0 Å². The minimum atomic E-state index is -0.402. The zero-order valence-corrected chi connectivity index (χ0v) is 25.0. The van der Waals surface area contributed by atoms with Gasteiger partial charge in [-0.25, -0.2) is 0 Å². The second-order valence-corrected chi connectivity index (χ2v) is 11.5. The summed E-state index contributed by atoms with van der Waals surface area (Å²) in [5, 5.41) is 19.2. The van der Waals surface area contributed by atoms with Gasteiger partial charge < -0.3 is 26.6 Å². The summed E-state index contributed by atoms with van der Waals surface area (Å²) in [6.07, 6.45) is 2.30. The van der Waals surface area contributed by atoms with Crippen molar-refractivity contribution in [2.24, 2.45) is 5.73 Å². The molecule has 8 heteroatoms. The molecule has 1 fully saturated rings. The van der Waals surface area contributed by atoms with Crippen LogP contribution in [0.4, 0.5) is 0 Å². The molecule has 0 bridgehead atoms. The number of hydrogen-bond donors (Lipinski definition) is 5. The lowest BCUT2D eigenvalue weighted by atomic mass is 9.90. The van der Waals surface area contributed by atoms with E-state index >= 15 is 0 Å². The fourth-order valence-corrected chi connectivity index (χ4v) is 5.99. The summed E-state index contributed by atoms with van der Waals surface area (Å²) < 4.78 is 0. The number of carbonyl (C=O) groups excluding carboxylic acids is 2. The Morgan fingerprint density at radius 3 is 2.25 bits per heavy atom. The molecule has 5 rings (SSSR count). The Morgan fingerprint density at radius 1 is 0.909 bits per heavy atom. The Bertz CT molecular complexity index is 1500. The number of hydrogen-bond acceptors (Lipinski definition) is 4. The smallest absolute Gasteiger partial charge is 0.239 e. The number of nitrogens with zero attached hydrogens (tertiary/aromatic N) is 1. The Labute approximate surface area is 259 Å². The summed E-state index contributed by atoms with van der Waals surface area (Å²) in [4.78, 5) is 28.9. The van der Waals surface area contributed by atoms with Crippen molar-refractivity contribution in [3.8, 4) is 0 Å². The van der Waals surface area contributed by atoms with Gasteiger partial charge in [-0.2, -0.15) is 0 Å². The zero-order valence-electron chi connectivity index (χ0n) is 25.0. The maximum Gasteiger partial charge on any atom is 0.239 e. The first-order valence-electron chi connectivity index (χ1n) is 15.4. The number of rotatable bonds is 12. The van der Waals surface area contributed by atoms with Gasteiger partial charge in [-0.05, 0) is 46.7 Å². The molecule has 0 aromatic heterocycles. The Morgan fingerprint density at radius 2 is 1.57 bits per heavy atom. The normalized spacial score (nSPS) is 16.9. The summed E-state index contributed by atoms with van der Waals surface area (Å²) in [6, 6.07) is 34.5. The number of amides is 2. The summed E-state index contributed by atoms with van der Waals surface area (Å²) in [5.74, 6) is -0.00783. The quantitative estimate of drug-likeness (QED) is 0.0964. The molecule has 1 aliphatic heterocycles. The first kappa shape index (κ1) is 30.8. The van der Waals surface area contributed by atoms with Crippen LogP contribution in [0.25, 0.3) is 10.8 Å². The van der Waals surface area contributed by atoms with Gasteiger partial charge in [0.05, 0.1) is 12.5 Å². The first-order valence-corrected chi connectivity index (χ1v) is 15.4. The van der Waals surface area contributed by atoms with E-state index in [9.17, 15) is 9.59 Å². The highest BCUT2D eigenvalue weighted by atomic mass is 16.2. The van der Waals surface area contributed by atoms with E-state index in [4.69, 9.17) is 11.1 Å². The van der Waals surface area contributed by atoms with Gasteiger partial charge in [-0.1, -0.05) is 103 Å². The highest BCUT2D eigenvalue weighted by molar-refractivity contribution is 5.85. The first-order chi connectivity index (χ1) is 21.5. The van der Waals surface area contributed by atoms with Gasteiger partial charge in [0.25, 0.3) is 0 Å². The highest BCUT2D eigenvalue weighted by Gasteiger charge is 2.32. The third-order valence-corrected chi connectivity index (χ3v) is 8.31. The molecule has 8 nitrogen and oxygen atoms in total. The summed E-state index contributed by atoms with van der Waals surface area (Å²) in [5.41, 5.74) is 8.78. The lowest BCUT2D eigenvalue weighted by Gasteiger charge is -2.29. The predicted octanol–water partition coefficient (Wildman–Crippen LogP) is 4.15. The molecule has 4 aromatic carbocycles. The Hall–Kier alpha value is -4.69. The molecule has 0 spiro atoms. The van der Waals surface area contributed by atoms with Gasteiger partial charge >= 0.3 is 0 Å². The van der Waals surface area contributed by atoms with Crippen LogP contribution in [0.5, 0.6) is 0 Å². The average Bonchev–Trinajstić information content (AvgIpc) is 3.19. The lowest BCUT2D eigenvalue weighted by Crippen LogP contribution is -2.49. The molecule has 0 unspecified atom stereocenters. The van der Waals surface area contributed by atoms with Gasteiger partial charge in [0.15, 0.2) is 5.96 Å². The predicted molar refractivity (Wildman–Crippen MR) is 176 cm³/mol. The number of carbonyl (C=O) groups is 2. The standard InChI is InChI=1S/C36H42N6O2/c37-36(38)39-20-9-16-33-35(44)42(25-32(28-11-3-1-4-12-28)29-13-5-2-6-14-29)21-19-31(41-33)24-40-34(43)23-26-17-18-27-10-7-8-15-30(27)22-26/h1-8,10-15,17-18,22,31-33,41H,9,16,19-21,23-25H2,(H,40,43)(H4,37,38,39)/t31-,33-/m0/s1. The molecule has 228 valence electrons. The second-order valence-electron chi connectivity index (χ2n) is 11.5. The molecule has 0 aliphatic carbocycles. The summed E-state index contributed by atoms with van der Waals surface area (Å²) >= 11 is 0. The largest absolute Gasteiger partial charge is 0.370 e. The van der Waals surface area contributed by atoms with Crippen LogP contribution < -0.4 is 21.7 Å². The SMILES string of the molecule is N=C(N)NCCC[C@@H]1N[C@H](CNC(=O)Cc2ccc3ccccc3c2)CCN(CC(c2ccccc2)c2ccccc2)C1=O. The van der Waals surface area contributed by atoms with Crippen LogP contribution >= 0.6 is 0 Å². The third kappa shape index (κ3) is 8.45. The minimum Gasteiger partial charge on any atom is -0.370 e. The minimum absolute atomic E-state index is 0.0371. The number of guanidine groups is 1. The summed E-state index contributed by atoms with van der Waals surface area (Å²) in [7, 11) is 0. The van der Waals surface area contributed by atoms with Gasteiger partial charge in [-0.3, -0.25) is 15.0 Å². The number of nitrogens with two attached hydrogens (primary N) is 1. The van der Waals surface area contributed by atoms with E-state index in [2.05, 4.69) is 64.5 Å². The van der Waals surface area contributed by atoms with Crippen LogP contribution in [-0.2, 0) is 16.0 Å². The molecular formula is C36H42N6O2. The zero-order chi connectivity index (χ0) is 30.7. The second kappa shape index (κ2) is 15.2. The molecular weight excluding hydrogens is 548 g/mol. The van der Waals surface area contributed by atoms with Crippen molar-refractivity contribution in [2.45, 2.75) is 43.7 Å². The maximum absolute atomic E-state index is 14.0. The Balaban J connectivity index is 1.27. The number of nitrogens with one attached hydrogen (secondary N) is 4. The van der Waals surface area contributed by atoms with Crippen molar-refractivity contribution in [2.75, 3.05) is 26.2 Å². The van der Waals surface area contributed by atoms with Gasteiger partial charge in [-0.15, -0.1) is 0 Å². The van der Waals surface area contributed by atoms with E-state index in [-0.39, 0.29) is 29.7 Å². The van der Waals surface area contributed by atoms with Gasteiger partial charge in [0, 0.05) is 38.1 Å². The van der Waals surface area contributed by atoms with E-state index in [0.29, 0.717) is 45.4 Å². The van der Waals surface area contributed by atoms with Crippen LogP contribution in [0.3, 0.4) is 0 Å². The molecule has 44 heavy (non-hydrogen) atoms. The van der Waals surface area contributed by atoms with Gasteiger partial charge in [0.2, 0.25) is 11.8 Å². The van der Waals surface area contributed by atoms with Crippen molar-refractivity contribution >= 4 is 28.5 Å². The van der Waals surface area contributed by atoms with E-state index < -0.39 is 6.04 Å². The maximum atomic E-state index is 14.0. The molecule has 1 aliphatic rings. The van der Waals surface area contributed by atoms with Crippen LogP contribution in [0.15, 0.2) is 103 Å². The van der Waals surface area contributed by atoms with E-state index in [0.717, 1.165) is 22.8 Å². The number of fused-ring (bicyclic) bond motifs is 1. The van der Waals surface area contributed by atoms with Crippen molar-refractivity contribution in [3.63, 3.8) is 0 Å². The molecule has 6 N–H and O–H groups in total. The topological polar surface area (TPSA) is 123 Å². The number of benzene rings is 4. The highest BCUT2D eigenvalue weighted by Crippen LogP contribution is 2.27. The molecule has 0 saturated carbocycles. The van der Waals surface area contributed by atoms with Crippen LogP contribution in [0.2, 0.25) is 0 Å². The van der Waals surface area contributed by atoms with Crippen molar-refractivity contribution in [1.82, 2.24) is 20.9 Å². The third-order valence-electron chi connectivity index (χ3n) is 8.31. The van der Waals surface area contributed by atoms with E-state index in [1.807, 2.05) is 59.5 Å². The van der Waals surface area contributed by atoms with Crippen LogP contribution in [0, 0.1) is 5.41 Å².